The summed E-state index contributed by atoms with van der Waals surface area (Å²) in [6.45, 7) is 3.01. The molecule has 1 aliphatic carbocycles. The van der Waals surface area contributed by atoms with E-state index in [9.17, 15) is 4.79 Å². The lowest BCUT2D eigenvalue weighted by molar-refractivity contribution is 0.454. The summed E-state index contributed by atoms with van der Waals surface area (Å²) in [6.07, 6.45) is 8.56. The van der Waals surface area contributed by atoms with Gasteiger partial charge in [0.15, 0.2) is 0 Å². The Balaban J connectivity index is 1.68. The van der Waals surface area contributed by atoms with Crippen LogP contribution in [0.5, 0.6) is 0 Å². The molecule has 1 atom stereocenters. The Morgan fingerprint density at radius 1 is 1.04 bits per heavy atom. The highest BCUT2D eigenvalue weighted by Gasteiger charge is 2.33. The molecular weight excluding hydrogens is 348 g/mol. The quantitative estimate of drug-likeness (QED) is 0.674. The fourth-order valence-corrected chi connectivity index (χ4v) is 4.97. The van der Waals surface area contributed by atoms with Crippen molar-refractivity contribution in [3.8, 4) is 0 Å². The highest BCUT2D eigenvalue weighted by Crippen LogP contribution is 2.38. The zero-order valence-electron chi connectivity index (χ0n) is 16.3. The topological polar surface area (TPSA) is 51.0 Å². The standard InChI is InChI=1S/C23H26N4O/c1-16-15-18(12-13-24-16)26-14-6-11-21(26)22-25-20-10-5-4-9-19(20)23(28)27(22)17-7-2-3-8-17/h4-5,9-10,12-13,15,17,21H,2-3,6-8,11,14H2,1H3. The summed E-state index contributed by atoms with van der Waals surface area (Å²) in [5.41, 5.74) is 3.14. The second-order valence-electron chi connectivity index (χ2n) is 8.11. The first-order valence-corrected chi connectivity index (χ1v) is 10.4. The maximum atomic E-state index is 13.5. The Hall–Kier alpha value is -2.69. The molecule has 3 aromatic rings. The fraction of sp³-hybridized carbons (Fsp3) is 0.435. The molecule has 28 heavy (non-hydrogen) atoms. The van der Waals surface area contributed by atoms with Crippen molar-refractivity contribution >= 4 is 16.6 Å². The number of aryl methyl sites for hydroxylation is 1. The van der Waals surface area contributed by atoms with Crippen molar-refractivity contribution in [2.45, 2.75) is 57.5 Å². The van der Waals surface area contributed by atoms with E-state index < -0.39 is 0 Å². The van der Waals surface area contributed by atoms with E-state index in [2.05, 4.69) is 22.0 Å². The third-order valence-corrected chi connectivity index (χ3v) is 6.29. The SMILES string of the molecule is Cc1cc(N2CCCC2c2nc3ccccc3c(=O)n2C2CCCC2)ccn1. The van der Waals surface area contributed by atoms with E-state index in [4.69, 9.17) is 4.98 Å². The first-order valence-electron chi connectivity index (χ1n) is 10.4. The monoisotopic (exact) mass is 374 g/mol. The summed E-state index contributed by atoms with van der Waals surface area (Å²) in [6, 6.07) is 12.4. The summed E-state index contributed by atoms with van der Waals surface area (Å²) >= 11 is 0. The van der Waals surface area contributed by atoms with Crippen molar-refractivity contribution < 1.29 is 0 Å². The van der Waals surface area contributed by atoms with Crippen LogP contribution in [-0.2, 0) is 0 Å². The minimum absolute atomic E-state index is 0.130. The normalized spacial score (nSPS) is 20.3. The Kier molecular flexibility index (Phi) is 4.38. The summed E-state index contributed by atoms with van der Waals surface area (Å²) in [4.78, 5) is 25.3. The maximum absolute atomic E-state index is 13.5. The van der Waals surface area contributed by atoms with Crippen molar-refractivity contribution in [2.24, 2.45) is 0 Å². The highest BCUT2D eigenvalue weighted by atomic mass is 16.1. The maximum Gasteiger partial charge on any atom is 0.261 e. The minimum atomic E-state index is 0.130. The first-order chi connectivity index (χ1) is 13.7. The van der Waals surface area contributed by atoms with Gasteiger partial charge in [0.2, 0.25) is 0 Å². The molecule has 0 bridgehead atoms. The highest BCUT2D eigenvalue weighted by molar-refractivity contribution is 5.77. The average molecular weight is 374 g/mol. The average Bonchev–Trinajstić information content (AvgIpc) is 3.40. The van der Waals surface area contributed by atoms with Crippen molar-refractivity contribution in [3.05, 3.63) is 64.5 Å². The lowest BCUT2D eigenvalue weighted by atomic mass is 10.1. The van der Waals surface area contributed by atoms with E-state index in [1.165, 1.54) is 18.5 Å². The fourth-order valence-electron chi connectivity index (χ4n) is 4.97. The number of nitrogens with zero attached hydrogens (tertiary/aromatic N) is 4. The van der Waals surface area contributed by atoms with Crippen LogP contribution in [0.4, 0.5) is 5.69 Å². The van der Waals surface area contributed by atoms with Crippen LogP contribution in [0.2, 0.25) is 0 Å². The number of hydrogen-bond acceptors (Lipinski definition) is 4. The van der Waals surface area contributed by atoms with Crippen LogP contribution in [0.3, 0.4) is 0 Å². The van der Waals surface area contributed by atoms with E-state index in [-0.39, 0.29) is 17.6 Å². The Morgan fingerprint density at radius 3 is 2.68 bits per heavy atom. The third kappa shape index (κ3) is 2.89. The van der Waals surface area contributed by atoms with Gasteiger partial charge in [-0.25, -0.2) is 4.98 Å². The number of fused-ring (bicyclic) bond motifs is 1. The number of hydrogen-bond donors (Lipinski definition) is 0. The number of benzene rings is 1. The molecule has 1 saturated heterocycles. The molecule has 144 valence electrons. The van der Waals surface area contributed by atoms with Crippen LogP contribution in [-0.4, -0.2) is 21.1 Å². The van der Waals surface area contributed by atoms with Crippen LogP contribution in [0.1, 0.15) is 62.1 Å². The number of aromatic nitrogens is 3. The zero-order chi connectivity index (χ0) is 19.1. The van der Waals surface area contributed by atoms with Crippen LogP contribution in [0.15, 0.2) is 47.4 Å². The molecule has 0 N–H and O–H groups in total. The van der Waals surface area contributed by atoms with E-state index in [1.54, 1.807) is 0 Å². The molecule has 5 heteroatoms. The zero-order valence-corrected chi connectivity index (χ0v) is 16.3. The van der Waals surface area contributed by atoms with Crippen molar-refractivity contribution in [3.63, 3.8) is 0 Å². The molecule has 5 rings (SSSR count). The number of para-hydroxylation sites is 1. The molecule has 0 radical (unpaired) electrons. The molecule has 3 heterocycles. The van der Waals surface area contributed by atoms with Crippen molar-refractivity contribution in [2.75, 3.05) is 11.4 Å². The number of rotatable bonds is 3. The van der Waals surface area contributed by atoms with Gasteiger partial charge in [-0.2, -0.15) is 0 Å². The van der Waals surface area contributed by atoms with E-state index in [0.29, 0.717) is 0 Å². The second kappa shape index (κ2) is 7.04. The largest absolute Gasteiger partial charge is 0.361 e. The molecular formula is C23H26N4O. The number of pyridine rings is 1. The smallest absolute Gasteiger partial charge is 0.261 e. The lowest BCUT2D eigenvalue weighted by Crippen LogP contribution is -2.34. The molecule has 2 aliphatic rings. The van der Waals surface area contributed by atoms with Crippen molar-refractivity contribution in [1.29, 1.82) is 0 Å². The van der Waals surface area contributed by atoms with Gasteiger partial charge in [-0.1, -0.05) is 25.0 Å². The van der Waals surface area contributed by atoms with E-state index in [1.807, 2.05) is 42.0 Å². The van der Waals surface area contributed by atoms with Gasteiger partial charge in [0.1, 0.15) is 5.82 Å². The Bertz CT molecular complexity index is 1070. The van der Waals surface area contributed by atoms with Gasteiger partial charge in [-0.15, -0.1) is 0 Å². The van der Waals surface area contributed by atoms with Gasteiger partial charge in [-0.3, -0.25) is 14.3 Å². The molecule has 5 nitrogen and oxygen atoms in total. The minimum Gasteiger partial charge on any atom is -0.361 e. The van der Waals surface area contributed by atoms with Gasteiger partial charge in [0.25, 0.3) is 5.56 Å². The first kappa shape index (κ1) is 17.4. The van der Waals surface area contributed by atoms with Gasteiger partial charge >= 0.3 is 0 Å². The van der Waals surface area contributed by atoms with Crippen LogP contribution >= 0.6 is 0 Å². The predicted molar refractivity (Wildman–Crippen MR) is 112 cm³/mol. The molecule has 2 fully saturated rings. The molecule has 1 aromatic carbocycles. The lowest BCUT2D eigenvalue weighted by Gasteiger charge is -2.30. The Morgan fingerprint density at radius 2 is 1.86 bits per heavy atom. The van der Waals surface area contributed by atoms with Gasteiger partial charge in [0, 0.05) is 30.2 Å². The van der Waals surface area contributed by atoms with E-state index in [0.717, 1.165) is 54.6 Å². The van der Waals surface area contributed by atoms with Gasteiger partial charge in [0.05, 0.1) is 16.9 Å². The molecule has 1 aliphatic heterocycles. The van der Waals surface area contributed by atoms with Crippen LogP contribution < -0.4 is 10.5 Å². The summed E-state index contributed by atoms with van der Waals surface area (Å²) in [5.74, 6) is 0.947. The van der Waals surface area contributed by atoms with Gasteiger partial charge < -0.3 is 4.90 Å². The Labute approximate surface area is 165 Å². The van der Waals surface area contributed by atoms with Crippen LogP contribution in [0, 0.1) is 6.92 Å². The predicted octanol–water partition coefficient (Wildman–Crippen LogP) is 4.56. The van der Waals surface area contributed by atoms with Gasteiger partial charge in [-0.05, 0) is 56.9 Å². The molecule has 2 aromatic heterocycles. The van der Waals surface area contributed by atoms with Crippen molar-refractivity contribution in [1.82, 2.24) is 14.5 Å². The third-order valence-electron chi connectivity index (χ3n) is 6.29. The van der Waals surface area contributed by atoms with Crippen LogP contribution in [0.25, 0.3) is 10.9 Å². The summed E-state index contributed by atoms with van der Waals surface area (Å²) in [5, 5.41) is 0.738. The number of anilines is 1. The second-order valence-corrected chi connectivity index (χ2v) is 8.11. The van der Waals surface area contributed by atoms with E-state index >= 15 is 0 Å². The summed E-state index contributed by atoms with van der Waals surface area (Å²) in [7, 11) is 0. The molecule has 0 amide bonds. The molecule has 1 unspecified atom stereocenters. The summed E-state index contributed by atoms with van der Waals surface area (Å²) < 4.78 is 2.05. The molecule has 0 spiro atoms. The molecule has 1 saturated carbocycles.